The maximum atomic E-state index is 14.5. The Morgan fingerprint density at radius 2 is 2.06 bits per heavy atom. The van der Waals surface area contributed by atoms with Crippen LogP contribution in [0.25, 0.3) is 0 Å². The highest BCUT2D eigenvalue weighted by molar-refractivity contribution is 7.80. The van der Waals surface area contributed by atoms with Crippen LogP contribution in [-0.2, 0) is 0 Å². The number of nitrogens with one attached hydrogen (secondary N) is 1. The van der Waals surface area contributed by atoms with Gasteiger partial charge in [0.15, 0.2) is 17.1 Å². The van der Waals surface area contributed by atoms with Gasteiger partial charge in [-0.05, 0) is 54.7 Å². The van der Waals surface area contributed by atoms with Crippen molar-refractivity contribution in [3.63, 3.8) is 0 Å². The Kier molecular flexibility index (Phi) is 6.85. The lowest BCUT2D eigenvalue weighted by Gasteiger charge is -2.38. The zero-order valence-corrected chi connectivity index (χ0v) is 19.5. The molecule has 0 bridgehead atoms. The molecule has 10 heteroatoms. The van der Waals surface area contributed by atoms with Crippen molar-refractivity contribution in [1.29, 1.82) is 0 Å². The van der Waals surface area contributed by atoms with E-state index in [9.17, 15) is 8.78 Å². The molecule has 1 unspecified atom stereocenters. The molecule has 1 saturated heterocycles. The predicted octanol–water partition coefficient (Wildman–Crippen LogP) is 3.95. The molecule has 1 aliphatic heterocycles. The van der Waals surface area contributed by atoms with E-state index in [1.165, 1.54) is 6.20 Å². The molecule has 176 valence electrons. The van der Waals surface area contributed by atoms with Gasteiger partial charge < -0.3 is 15.8 Å². The minimum atomic E-state index is -2.90. The number of aliphatic imine (C=N–C) groups is 1. The second-order valence-electron chi connectivity index (χ2n) is 8.76. The third-order valence-corrected chi connectivity index (χ3v) is 6.01. The lowest BCUT2D eigenvalue weighted by molar-refractivity contribution is -0.141. The summed E-state index contributed by atoms with van der Waals surface area (Å²) in [6, 6.07) is 7.29. The Hall–Kier alpha value is -2.72. The minimum absolute atomic E-state index is 0.101. The molecule has 33 heavy (non-hydrogen) atoms. The second kappa shape index (κ2) is 9.64. The van der Waals surface area contributed by atoms with Gasteiger partial charge in [0.2, 0.25) is 0 Å². The van der Waals surface area contributed by atoms with Crippen molar-refractivity contribution in [2.75, 3.05) is 18.4 Å². The number of ether oxygens (including phenoxy) is 1. The van der Waals surface area contributed by atoms with Crippen molar-refractivity contribution >= 4 is 29.0 Å². The summed E-state index contributed by atoms with van der Waals surface area (Å²) in [5.41, 5.74) is 7.42. The molecular formula is C23H28F2N6OS. The number of nitrogens with zero attached hydrogens (tertiary/aromatic N) is 4. The number of anilines is 1. The first-order valence-corrected chi connectivity index (χ1v) is 11.5. The molecule has 4 rings (SSSR count). The molecule has 0 aromatic carbocycles. The third-order valence-electron chi connectivity index (χ3n) is 5.81. The van der Waals surface area contributed by atoms with E-state index in [0.29, 0.717) is 24.1 Å². The summed E-state index contributed by atoms with van der Waals surface area (Å²) in [6.45, 7) is 4.48. The Morgan fingerprint density at radius 1 is 1.27 bits per heavy atom. The Labute approximate surface area is 197 Å². The summed E-state index contributed by atoms with van der Waals surface area (Å²) in [4.78, 5) is 14.6. The number of hydrogen-bond donors (Lipinski definition) is 2. The van der Waals surface area contributed by atoms with Crippen molar-refractivity contribution in [3.05, 3.63) is 47.9 Å². The molecule has 1 atom stereocenters. The molecule has 3 N–H and O–H groups in total. The fraction of sp³-hybridized carbons (Fsp3) is 0.478. The molecule has 0 spiro atoms. The third kappa shape index (κ3) is 5.80. The number of piperidine rings is 1. The van der Waals surface area contributed by atoms with Crippen LogP contribution < -0.4 is 15.8 Å². The number of pyridine rings is 2. The summed E-state index contributed by atoms with van der Waals surface area (Å²) >= 11 is 5.29. The zero-order chi connectivity index (χ0) is 23.6. The summed E-state index contributed by atoms with van der Waals surface area (Å²) < 4.78 is 34.7. The normalized spacial score (nSPS) is 21.1. The predicted molar refractivity (Wildman–Crippen MR) is 128 cm³/mol. The molecule has 2 fully saturated rings. The van der Waals surface area contributed by atoms with E-state index < -0.39 is 12.0 Å². The maximum Gasteiger partial charge on any atom is 0.296 e. The van der Waals surface area contributed by atoms with Gasteiger partial charge >= 0.3 is 0 Å². The van der Waals surface area contributed by atoms with Crippen LogP contribution >= 0.6 is 12.2 Å². The van der Waals surface area contributed by atoms with Crippen LogP contribution in [0.3, 0.4) is 0 Å². The standard InChI is InChI=1S/C23H28F2N6OS/c1-14(2)17-4-3-10-27-21(17)30-22(33)29-20(26)18-8-7-16(12-28-18)32-19-9-11-31(15-5-6-15)13-23(19,24)25/h3-4,7-8,10,12,14-15,19H,5-6,9,11,13H2,1-2H3,(H3,26,27,29,30,33). The van der Waals surface area contributed by atoms with E-state index in [0.717, 1.165) is 18.4 Å². The number of amidine groups is 1. The van der Waals surface area contributed by atoms with Gasteiger partial charge in [-0.2, -0.15) is 0 Å². The van der Waals surface area contributed by atoms with Crippen LogP contribution in [0.1, 0.15) is 50.3 Å². The van der Waals surface area contributed by atoms with Gasteiger partial charge in [0, 0.05) is 25.2 Å². The van der Waals surface area contributed by atoms with Crippen LogP contribution in [0.4, 0.5) is 14.6 Å². The van der Waals surface area contributed by atoms with Crippen molar-refractivity contribution in [1.82, 2.24) is 14.9 Å². The minimum Gasteiger partial charge on any atom is -0.482 e. The van der Waals surface area contributed by atoms with Gasteiger partial charge in [0.25, 0.3) is 5.92 Å². The molecule has 2 aromatic heterocycles. The molecule has 0 radical (unpaired) electrons. The Morgan fingerprint density at radius 3 is 2.70 bits per heavy atom. The Bertz CT molecular complexity index is 1030. The number of thiocarbonyl (C=S) groups is 1. The summed E-state index contributed by atoms with van der Waals surface area (Å²) in [5, 5.41) is 3.15. The number of alkyl halides is 2. The fourth-order valence-electron chi connectivity index (χ4n) is 3.89. The summed E-state index contributed by atoms with van der Waals surface area (Å²) in [5.74, 6) is -1.65. The first-order valence-electron chi connectivity index (χ1n) is 11.1. The number of nitrogens with two attached hydrogens (primary N) is 1. The first-order chi connectivity index (χ1) is 15.7. The molecule has 2 aromatic rings. The van der Waals surface area contributed by atoms with Crippen LogP contribution in [0.2, 0.25) is 0 Å². The molecule has 1 saturated carbocycles. The van der Waals surface area contributed by atoms with Gasteiger partial charge in [-0.15, -0.1) is 0 Å². The van der Waals surface area contributed by atoms with Crippen molar-refractivity contribution in [2.45, 2.75) is 57.1 Å². The zero-order valence-electron chi connectivity index (χ0n) is 18.7. The fourth-order valence-corrected chi connectivity index (χ4v) is 4.09. The monoisotopic (exact) mass is 474 g/mol. The average Bonchev–Trinajstić information content (AvgIpc) is 3.61. The van der Waals surface area contributed by atoms with Crippen LogP contribution in [-0.4, -0.2) is 57.0 Å². The second-order valence-corrected chi connectivity index (χ2v) is 9.15. The number of halogens is 2. The van der Waals surface area contributed by atoms with E-state index in [4.69, 9.17) is 22.7 Å². The number of rotatable bonds is 6. The van der Waals surface area contributed by atoms with E-state index in [-0.39, 0.29) is 35.6 Å². The van der Waals surface area contributed by atoms with E-state index in [1.807, 2.05) is 17.0 Å². The van der Waals surface area contributed by atoms with Gasteiger partial charge in [0.05, 0.1) is 12.7 Å². The lowest BCUT2D eigenvalue weighted by Crippen LogP contribution is -2.54. The number of aromatic nitrogens is 2. The van der Waals surface area contributed by atoms with Crippen LogP contribution in [0, 0.1) is 0 Å². The highest BCUT2D eigenvalue weighted by Crippen LogP contribution is 2.36. The van der Waals surface area contributed by atoms with E-state index in [1.54, 1.807) is 18.3 Å². The quantitative estimate of drug-likeness (QED) is 0.372. The average molecular weight is 475 g/mol. The molecule has 1 aliphatic carbocycles. The molecule has 0 amide bonds. The first kappa shape index (κ1) is 23.4. The summed E-state index contributed by atoms with van der Waals surface area (Å²) in [6.07, 6.45) is 4.18. The van der Waals surface area contributed by atoms with Crippen LogP contribution in [0.5, 0.6) is 5.75 Å². The summed E-state index contributed by atoms with van der Waals surface area (Å²) in [7, 11) is 0. The Balaban J connectivity index is 1.37. The number of hydrogen-bond acceptors (Lipinski definition) is 5. The smallest absolute Gasteiger partial charge is 0.296 e. The largest absolute Gasteiger partial charge is 0.482 e. The van der Waals surface area contributed by atoms with Gasteiger partial charge in [-0.25, -0.2) is 23.7 Å². The highest BCUT2D eigenvalue weighted by Gasteiger charge is 2.49. The van der Waals surface area contributed by atoms with Crippen molar-refractivity contribution in [3.8, 4) is 5.75 Å². The van der Waals surface area contributed by atoms with Gasteiger partial charge in [-0.1, -0.05) is 19.9 Å². The lowest BCUT2D eigenvalue weighted by atomic mass is 10.0. The van der Waals surface area contributed by atoms with Gasteiger partial charge in [-0.3, -0.25) is 4.90 Å². The number of likely N-dealkylation sites (tertiary alicyclic amines) is 1. The van der Waals surface area contributed by atoms with E-state index in [2.05, 4.69) is 34.1 Å². The molecular weight excluding hydrogens is 446 g/mol. The van der Waals surface area contributed by atoms with Gasteiger partial charge in [0.1, 0.15) is 17.3 Å². The molecule has 3 heterocycles. The van der Waals surface area contributed by atoms with E-state index >= 15 is 0 Å². The SMILES string of the molecule is CC(C)c1cccnc1NC(=S)/N=C(\N)c1ccc(OC2CCN(C3CC3)CC2(F)F)cn1. The maximum absolute atomic E-state index is 14.5. The van der Waals surface area contributed by atoms with Crippen LogP contribution in [0.15, 0.2) is 41.7 Å². The molecule has 2 aliphatic rings. The topological polar surface area (TPSA) is 88.7 Å². The van der Waals surface area contributed by atoms with Crippen molar-refractivity contribution in [2.24, 2.45) is 10.7 Å². The van der Waals surface area contributed by atoms with Crippen molar-refractivity contribution < 1.29 is 13.5 Å². The molecule has 7 nitrogen and oxygen atoms in total. The highest BCUT2D eigenvalue weighted by atomic mass is 32.1.